The van der Waals surface area contributed by atoms with Crippen molar-refractivity contribution in [2.45, 2.75) is 56.1 Å². The van der Waals surface area contributed by atoms with E-state index in [1.165, 1.54) is 0 Å². The summed E-state index contributed by atoms with van der Waals surface area (Å²) >= 11 is 0. The van der Waals surface area contributed by atoms with Crippen LogP contribution in [0.2, 0.25) is 0 Å². The first kappa shape index (κ1) is 16.7. The minimum absolute atomic E-state index is 0.229. The molecule has 1 aromatic heterocycles. The Kier molecular flexibility index (Phi) is 4.89. The fourth-order valence-corrected chi connectivity index (χ4v) is 5.10. The quantitative estimate of drug-likeness (QED) is 0.882. The van der Waals surface area contributed by atoms with Crippen LogP contribution >= 0.6 is 0 Å². The molecule has 0 radical (unpaired) electrons. The largest absolute Gasteiger partial charge is 0.393 e. The molecular weight excluding hydrogens is 314 g/mol. The number of sulfonamides is 1. The number of nitrogens with zero attached hydrogens (tertiary/aromatic N) is 3. The number of hydrogen-bond acceptors (Lipinski definition) is 5. The van der Waals surface area contributed by atoms with Crippen molar-refractivity contribution in [1.29, 1.82) is 0 Å². The molecule has 3 rings (SSSR count). The van der Waals surface area contributed by atoms with E-state index in [4.69, 9.17) is 0 Å². The molecule has 7 heteroatoms. The highest BCUT2D eigenvalue weighted by atomic mass is 32.2. The van der Waals surface area contributed by atoms with E-state index in [-0.39, 0.29) is 12.1 Å². The van der Waals surface area contributed by atoms with Crippen molar-refractivity contribution in [2.24, 2.45) is 0 Å². The zero-order chi connectivity index (χ0) is 16.4. The molecule has 0 aromatic carbocycles. The fraction of sp³-hybridized carbons (Fsp3) is 0.688. The Morgan fingerprint density at radius 2 is 2.04 bits per heavy atom. The third-order valence-corrected chi connectivity index (χ3v) is 6.60. The third kappa shape index (κ3) is 3.51. The summed E-state index contributed by atoms with van der Waals surface area (Å²) in [6.45, 7) is 3.86. The lowest BCUT2D eigenvalue weighted by Crippen LogP contribution is -2.33. The average Bonchev–Trinajstić information content (AvgIpc) is 3.18. The van der Waals surface area contributed by atoms with Gasteiger partial charge in [0.2, 0.25) is 10.0 Å². The van der Waals surface area contributed by atoms with E-state index in [2.05, 4.69) is 9.88 Å². The van der Waals surface area contributed by atoms with Crippen LogP contribution in [0.4, 0.5) is 5.82 Å². The van der Waals surface area contributed by atoms with E-state index in [0.29, 0.717) is 30.2 Å². The maximum atomic E-state index is 12.7. The number of hydrogen-bond donors (Lipinski definition) is 1. The highest BCUT2D eigenvalue weighted by Crippen LogP contribution is 2.29. The molecule has 2 fully saturated rings. The lowest BCUT2D eigenvalue weighted by Gasteiger charge is -2.27. The highest BCUT2D eigenvalue weighted by Gasteiger charge is 2.30. The van der Waals surface area contributed by atoms with Gasteiger partial charge in [0.1, 0.15) is 5.82 Å². The van der Waals surface area contributed by atoms with Crippen molar-refractivity contribution in [3.8, 4) is 0 Å². The van der Waals surface area contributed by atoms with Gasteiger partial charge in [0.05, 0.1) is 11.0 Å². The Bertz CT molecular complexity index is 642. The van der Waals surface area contributed by atoms with Crippen LogP contribution in [0.25, 0.3) is 0 Å². The van der Waals surface area contributed by atoms with Gasteiger partial charge in [0.15, 0.2) is 0 Å². The van der Waals surface area contributed by atoms with Gasteiger partial charge in [-0.25, -0.2) is 13.4 Å². The third-order valence-electron chi connectivity index (χ3n) is 4.70. The first-order chi connectivity index (χ1) is 11.0. The van der Waals surface area contributed by atoms with Gasteiger partial charge in [-0.1, -0.05) is 0 Å². The molecule has 0 saturated carbocycles. The van der Waals surface area contributed by atoms with E-state index < -0.39 is 10.0 Å². The highest BCUT2D eigenvalue weighted by molar-refractivity contribution is 7.89. The molecule has 2 saturated heterocycles. The Morgan fingerprint density at radius 1 is 1.30 bits per heavy atom. The first-order valence-electron chi connectivity index (χ1n) is 8.39. The van der Waals surface area contributed by atoms with Crippen molar-refractivity contribution in [3.05, 3.63) is 18.3 Å². The molecule has 0 spiro atoms. The second kappa shape index (κ2) is 6.75. The van der Waals surface area contributed by atoms with Crippen LogP contribution < -0.4 is 4.90 Å². The fourth-order valence-electron chi connectivity index (χ4n) is 3.57. The number of aromatic nitrogens is 1. The van der Waals surface area contributed by atoms with E-state index in [0.717, 1.165) is 32.2 Å². The molecule has 6 nitrogen and oxygen atoms in total. The molecule has 0 amide bonds. The van der Waals surface area contributed by atoms with Crippen LogP contribution in [0.15, 0.2) is 23.2 Å². The molecule has 0 bridgehead atoms. The van der Waals surface area contributed by atoms with E-state index in [1.807, 2.05) is 0 Å². The van der Waals surface area contributed by atoms with Crippen LogP contribution in [-0.2, 0) is 10.0 Å². The predicted octanol–water partition coefficient (Wildman–Crippen LogP) is 1.61. The van der Waals surface area contributed by atoms with Gasteiger partial charge in [-0.3, -0.25) is 0 Å². The summed E-state index contributed by atoms with van der Waals surface area (Å²) in [5, 5.41) is 9.66. The van der Waals surface area contributed by atoms with Crippen molar-refractivity contribution >= 4 is 15.8 Å². The zero-order valence-electron chi connectivity index (χ0n) is 13.6. The van der Waals surface area contributed by atoms with Crippen LogP contribution in [0.1, 0.15) is 39.0 Å². The van der Waals surface area contributed by atoms with Gasteiger partial charge >= 0.3 is 0 Å². The molecule has 2 atom stereocenters. The molecule has 1 N–H and O–H groups in total. The van der Waals surface area contributed by atoms with Gasteiger partial charge in [-0.2, -0.15) is 4.31 Å². The number of anilines is 1. The van der Waals surface area contributed by atoms with Crippen molar-refractivity contribution in [2.75, 3.05) is 24.5 Å². The van der Waals surface area contributed by atoms with Gasteiger partial charge < -0.3 is 10.0 Å². The van der Waals surface area contributed by atoms with Gasteiger partial charge in [-0.15, -0.1) is 0 Å². The van der Waals surface area contributed by atoms with Crippen molar-refractivity contribution in [3.63, 3.8) is 0 Å². The van der Waals surface area contributed by atoms with Gasteiger partial charge in [-0.05, 0) is 45.1 Å². The topological polar surface area (TPSA) is 73.7 Å². The van der Waals surface area contributed by atoms with Crippen molar-refractivity contribution < 1.29 is 13.5 Å². The minimum atomic E-state index is -3.41. The summed E-state index contributed by atoms with van der Waals surface area (Å²) in [5.74, 6) is 0.702. The van der Waals surface area contributed by atoms with Gasteiger partial charge in [0.25, 0.3) is 0 Å². The Morgan fingerprint density at radius 3 is 2.74 bits per heavy atom. The Hall–Kier alpha value is -1.18. The summed E-state index contributed by atoms with van der Waals surface area (Å²) in [6.07, 6.45) is 5.81. The first-order valence-corrected chi connectivity index (χ1v) is 9.83. The molecule has 2 aliphatic rings. The number of aliphatic hydroxyl groups is 1. The second-order valence-electron chi connectivity index (χ2n) is 6.54. The van der Waals surface area contributed by atoms with Crippen LogP contribution in [-0.4, -0.2) is 54.6 Å². The summed E-state index contributed by atoms with van der Waals surface area (Å²) in [4.78, 5) is 6.84. The number of rotatable bonds is 5. The monoisotopic (exact) mass is 339 g/mol. The summed E-state index contributed by atoms with van der Waals surface area (Å²) in [5.41, 5.74) is 0. The molecule has 0 aliphatic carbocycles. The van der Waals surface area contributed by atoms with E-state index >= 15 is 0 Å². The lowest BCUT2D eigenvalue weighted by molar-refractivity contribution is 0.175. The Balaban J connectivity index is 1.85. The average molecular weight is 339 g/mol. The second-order valence-corrected chi connectivity index (χ2v) is 8.47. The maximum Gasteiger partial charge on any atom is 0.243 e. The molecule has 3 heterocycles. The molecule has 2 aliphatic heterocycles. The summed E-state index contributed by atoms with van der Waals surface area (Å²) in [6, 6.07) is 3.50. The smallest absolute Gasteiger partial charge is 0.243 e. The minimum Gasteiger partial charge on any atom is -0.393 e. The van der Waals surface area contributed by atoms with Crippen LogP contribution in [0, 0.1) is 0 Å². The molecule has 128 valence electrons. The molecule has 1 aromatic rings. The normalized spacial score (nSPS) is 24.3. The SMILES string of the molecule is C[C@H](O)C[C@H]1CCCN1c1cc(S(=O)(=O)N2CCCC2)ccn1. The van der Waals surface area contributed by atoms with E-state index in [1.54, 1.807) is 29.6 Å². The van der Waals surface area contributed by atoms with Crippen LogP contribution in [0.5, 0.6) is 0 Å². The van der Waals surface area contributed by atoms with Gasteiger partial charge in [0, 0.05) is 37.9 Å². The Labute approximate surface area is 138 Å². The van der Waals surface area contributed by atoms with E-state index in [9.17, 15) is 13.5 Å². The molecule has 23 heavy (non-hydrogen) atoms. The van der Waals surface area contributed by atoms with Crippen molar-refractivity contribution in [1.82, 2.24) is 9.29 Å². The summed E-state index contributed by atoms with van der Waals surface area (Å²) in [7, 11) is -3.41. The molecule has 0 unspecified atom stereocenters. The zero-order valence-corrected chi connectivity index (χ0v) is 14.4. The standard InChI is InChI=1S/C16H25N3O3S/c1-13(20)11-14-5-4-10-19(14)16-12-15(6-7-17-16)23(21,22)18-8-2-3-9-18/h6-7,12-14,20H,2-5,8-11H2,1H3/t13-,14+/m0/s1. The summed E-state index contributed by atoms with van der Waals surface area (Å²) < 4.78 is 27.0. The van der Waals surface area contributed by atoms with Crippen LogP contribution in [0.3, 0.4) is 0 Å². The predicted molar refractivity (Wildman–Crippen MR) is 88.9 cm³/mol. The molecular formula is C16H25N3O3S. The maximum absolute atomic E-state index is 12.7. The lowest BCUT2D eigenvalue weighted by atomic mass is 10.1. The number of pyridine rings is 1. The number of aliphatic hydroxyl groups excluding tert-OH is 1.